The van der Waals surface area contributed by atoms with Crippen molar-refractivity contribution < 1.29 is 0 Å². The van der Waals surface area contributed by atoms with E-state index in [0.717, 1.165) is 11.1 Å². The summed E-state index contributed by atoms with van der Waals surface area (Å²) in [6, 6.07) is 9.91. The molecular weight excluding hydrogens is 172 g/mol. The van der Waals surface area contributed by atoms with Crippen molar-refractivity contribution in [3.8, 4) is 18.4 Å². The number of rotatable bonds is 3. The molecule has 0 aliphatic heterocycles. The van der Waals surface area contributed by atoms with Crippen LogP contribution < -0.4 is 5.32 Å². The minimum Gasteiger partial charge on any atom is -0.312 e. The first kappa shape index (κ1) is 10.3. The summed E-state index contributed by atoms with van der Waals surface area (Å²) < 4.78 is 0. The van der Waals surface area contributed by atoms with Gasteiger partial charge in [-0.2, -0.15) is 5.26 Å². The molecule has 70 valence electrons. The van der Waals surface area contributed by atoms with Gasteiger partial charge < -0.3 is 5.32 Å². The van der Waals surface area contributed by atoms with Gasteiger partial charge in [-0.1, -0.05) is 18.1 Å². The molecule has 0 spiro atoms. The molecule has 0 saturated heterocycles. The van der Waals surface area contributed by atoms with Crippen molar-refractivity contribution in [3.63, 3.8) is 0 Å². The first-order valence-corrected chi connectivity index (χ1v) is 4.42. The molecule has 0 heterocycles. The molecule has 1 aromatic rings. The van der Waals surface area contributed by atoms with E-state index in [2.05, 4.69) is 17.3 Å². The lowest BCUT2D eigenvalue weighted by atomic mass is 10.0. The molecule has 1 atom stereocenters. The number of nitrogens with one attached hydrogen (secondary N) is 1. The first-order chi connectivity index (χ1) is 6.81. The maximum Gasteiger partial charge on any atom is 0.0641 e. The Balaban J connectivity index is 2.86. The smallest absolute Gasteiger partial charge is 0.0641 e. The van der Waals surface area contributed by atoms with Crippen molar-refractivity contribution in [3.05, 3.63) is 35.4 Å². The van der Waals surface area contributed by atoms with E-state index < -0.39 is 0 Å². The van der Waals surface area contributed by atoms with Gasteiger partial charge in [0.25, 0.3) is 0 Å². The monoisotopic (exact) mass is 184 g/mol. The molecule has 1 N–H and O–H groups in total. The van der Waals surface area contributed by atoms with Crippen LogP contribution in [0.25, 0.3) is 0 Å². The van der Waals surface area contributed by atoms with Crippen LogP contribution in [0.2, 0.25) is 0 Å². The lowest BCUT2D eigenvalue weighted by molar-refractivity contribution is 0.608. The second-order valence-corrected chi connectivity index (χ2v) is 2.97. The third-order valence-electron chi connectivity index (χ3n) is 2.12. The molecule has 14 heavy (non-hydrogen) atoms. The molecule has 0 aliphatic carbocycles. The number of nitriles is 1. The zero-order valence-corrected chi connectivity index (χ0v) is 8.12. The lowest BCUT2D eigenvalue weighted by Gasteiger charge is -2.12. The van der Waals surface area contributed by atoms with Crippen molar-refractivity contribution in [1.82, 2.24) is 5.32 Å². The molecule has 2 nitrogen and oxygen atoms in total. The van der Waals surface area contributed by atoms with Crippen molar-refractivity contribution >= 4 is 0 Å². The topological polar surface area (TPSA) is 35.8 Å². The summed E-state index contributed by atoms with van der Waals surface area (Å²) in [5, 5.41) is 11.7. The van der Waals surface area contributed by atoms with E-state index >= 15 is 0 Å². The Hall–Kier alpha value is -1.77. The fourth-order valence-electron chi connectivity index (χ4n) is 1.29. The van der Waals surface area contributed by atoms with Crippen LogP contribution in [0.3, 0.4) is 0 Å². The normalized spacial score (nSPS) is 11.4. The average molecular weight is 184 g/mol. The molecule has 0 saturated carbocycles. The van der Waals surface area contributed by atoms with Gasteiger partial charge in [-0.15, -0.1) is 6.42 Å². The molecular formula is C12H12N2. The quantitative estimate of drug-likeness (QED) is 0.727. The van der Waals surface area contributed by atoms with Crippen molar-refractivity contribution in [1.29, 1.82) is 5.26 Å². The van der Waals surface area contributed by atoms with Crippen molar-refractivity contribution in [2.75, 3.05) is 7.05 Å². The Morgan fingerprint density at radius 2 is 2.07 bits per heavy atom. The fourth-order valence-corrected chi connectivity index (χ4v) is 1.29. The van der Waals surface area contributed by atoms with Crippen LogP contribution in [-0.2, 0) is 0 Å². The molecule has 1 rings (SSSR count). The predicted octanol–water partition coefficient (Wildman–Crippen LogP) is 1.84. The first-order valence-electron chi connectivity index (χ1n) is 4.42. The summed E-state index contributed by atoms with van der Waals surface area (Å²) in [5.41, 5.74) is 1.95. The summed E-state index contributed by atoms with van der Waals surface area (Å²) in [5.74, 6) is 2.56. The number of terminal acetylenes is 1. The highest BCUT2D eigenvalue weighted by molar-refractivity contribution is 5.35. The Kier molecular flexibility index (Phi) is 3.73. The fraction of sp³-hybridized carbons (Fsp3) is 0.250. The summed E-state index contributed by atoms with van der Waals surface area (Å²) in [6.45, 7) is 0. The van der Waals surface area contributed by atoms with Crippen LogP contribution in [0.15, 0.2) is 24.3 Å². The zero-order valence-electron chi connectivity index (χ0n) is 8.12. The molecule has 2 heteroatoms. The molecule has 0 aliphatic rings. The minimum absolute atomic E-state index is 0.0897. The van der Waals surface area contributed by atoms with E-state index in [1.165, 1.54) is 0 Å². The van der Waals surface area contributed by atoms with Gasteiger partial charge in [0.15, 0.2) is 0 Å². The Labute approximate surface area is 84.6 Å². The van der Waals surface area contributed by atoms with Crippen molar-refractivity contribution in [2.24, 2.45) is 0 Å². The Morgan fingerprint density at radius 3 is 2.50 bits per heavy atom. The number of hydrogen-bond acceptors (Lipinski definition) is 2. The molecule has 0 bridgehead atoms. The largest absolute Gasteiger partial charge is 0.312 e. The van der Waals surface area contributed by atoms with E-state index in [4.69, 9.17) is 11.7 Å². The van der Waals surface area contributed by atoms with Gasteiger partial charge >= 0.3 is 0 Å². The van der Waals surface area contributed by atoms with E-state index in [1.54, 1.807) is 0 Å². The third kappa shape index (κ3) is 2.36. The zero-order chi connectivity index (χ0) is 10.4. The number of benzene rings is 1. The van der Waals surface area contributed by atoms with E-state index in [9.17, 15) is 0 Å². The highest BCUT2D eigenvalue weighted by Gasteiger charge is 2.07. The van der Waals surface area contributed by atoms with Crippen molar-refractivity contribution in [2.45, 2.75) is 12.5 Å². The highest BCUT2D eigenvalue weighted by atomic mass is 14.9. The lowest BCUT2D eigenvalue weighted by Crippen LogP contribution is -2.15. The molecule has 0 amide bonds. The molecule has 0 aromatic heterocycles. The Morgan fingerprint density at radius 1 is 1.43 bits per heavy atom. The van der Waals surface area contributed by atoms with Crippen LogP contribution in [-0.4, -0.2) is 7.05 Å². The molecule has 0 fully saturated rings. The van der Waals surface area contributed by atoms with Crippen LogP contribution >= 0.6 is 0 Å². The second-order valence-electron chi connectivity index (χ2n) is 2.97. The maximum absolute atomic E-state index is 8.61. The van der Waals surface area contributed by atoms with Gasteiger partial charge in [-0.3, -0.25) is 0 Å². The SMILES string of the molecule is C#Cc1ccc(C(CC#N)NC)cc1. The Bertz CT molecular complexity index is 365. The van der Waals surface area contributed by atoms with Gasteiger partial charge in [0, 0.05) is 11.6 Å². The van der Waals surface area contributed by atoms with E-state index in [0.29, 0.717) is 6.42 Å². The standard InChI is InChI=1S/C12H12N2/c1-3-10-4-6-11(7-5-10)12(14-2)8-9-13/h1,4-7,12,14H,8H2,2H3. The van der Waals surface area contributed by atoms with E-state index in [1.807, 2.05) is 31.3 Å². The van der Waals surface area contributed by atoms with Crippen LogP contribution in [0.1, 0.15) is 23.6 Å². The maximum atomic E-state index is 8.61. The summed E-state index contributed by atoms with van der Waals surface area (Å²) >= 11 is 0. The average Bonchev–Trinajstić information content (AvgIpc) is 2.26. The molecule has 1 unspecified atom stereocenters. The van der Waals surface area contributed by atoms with Gasteiger partial charge in [-0.05, 0) is 24.7 Å². The van der Waals surface area contributed by atoms with Gasteiger partial charge in [0.05, 0.1) is 12.5 Å². The summed E-state index contributed by atoms with van der Waals surface area (Å²) in [7, 11) is 1.84. The summed E-state index contributed by atoms with van der Waals surface area (Å²) in [6.07, 6.45) is 5.71. The van der Waals surface area contributed by atoms with Gasteiger partial charge in [0.2, 0.25) is 0 Å². The highest BCUT2D eigenvalue weighted by Crippen LogP contribution is 2.15. The minimum atomic E-state index is 0.0897. The van der Waals surface area contributed by atoms with Gasteiger partial charge in [0.1, 0.15) is 0 Å². The van der Waals surface area contributed by atoms with Gasteiger partial charge in [-0.25, -0.2) is 0 Å². The second kappa shape index (κ2) is 5.07. The van der Waals surface area contributed by atoms with Crippen LogP contribution in [0, 0.1) is 23.7 Å². The molecule has 0 radical (unpaired) electrons. The van der Waals surface area contributed by atoms with E-state index in [-0.39, 0.29) is 6.04 Å². The van der Waals surface area contributed by atoms with Crippen LogP contribution in [0.5, 0.6) is 0 Å². The molecule has 1 aromatic carbocycles. The summed E-state index contributed by atoms with van der Waals surface area (Å²) in [4.78, 5) is 0. The predicted molar refractivity (Wildman–Crippen MR) is 56.4 cm³/mol. The number of hydrogen-bond donors (Lipinski definition) is 1. The van der Waals surface area contributed by atoms with Crippen LogP contribution in [0.4, 0.5) is 0 Å². The number of nitrogens with zero attached hydrogens (tertiary/aromatic N) is 1. The third-order valence-corrected chi connectivity index (χ3v) is 2.12.